The standard InChI is InChI=1S/C16H19ClO2/c1-2-15(16(18)19)13-5-3-11(4-6-13)12-7-9-14(17)10-8-12/h2,7-11,13,15H,1,3-6H2,(H,18,19). The minimum absolute atomic E-state index is 0.235. The van der Waals surface area contributed by atoms with Gasteiger partial charge < -0.3 is 5.11 Å². The van der Waals surface area contributed by atoms with Gasteiger partial charge in [0.1, 0.15) is 0 Å². The maximum Gasteiger partial charge on any atom is 0.310 e. The van der Waals surface area contributed by atoms with Gasteiger partial charge in [0.25, 0.3) is 0 Å². The van der Waals surface area contributed by atoms with Crippen molar-refractivity contribution in [2.24, 2.45) is 11.8 Å². The molecule has 0 heterocycles. The number of carbonyl (C=O) groups is 1. The van der Waals surface area contributed by atoms with E-state index in [-0.39, 0.29) is 5.92 Å². The Morgan fingerprint density at radius 3 is 2.32 bits per heavy atom. The number of benzene rings is 1. The van der Waals surface area contributed by atoms with E-state index in [1.54, 1.807) is 6.08 Å². The first-order chi connectivity index (χ1) is 9.11. The van der Waals surface area contributed by atoms with Crippen LogP contribution in [0.4, 0.5) is 0 Å². The Morgan fingerprint density at radius 1 is 1.26 bits per heavy atom. The number of carboxylic acid groups (broad SMARTS) is 1. The SMILES string of the molecule is C=CC(C(=O)O)C1CCC(c2ccc(Cl)cc2)CC1. The predicted molar refractivity (Wildman–Crippen MR) is 77.5 cm³/mol. The molecule has 0 amide bonds. The molecule has 1 aromatic carbocycles. The van der Waals surface area contributed by atoms with Crippen LogP contribution in [-0.4, -0.2) is 11.1 Å². The van der Waals surface area contributed by atoms with Gasteiger partial charge in [0, 0.05) is 5.02 Å². The van der Waals surface area contributed by atoms with Crippen molar-refractivity contribution in [2.75, 3.05) is 0 Å². The van der Waals surface area contributed by atoms with Crippen LogP contribution in [0.15, 0.2) is 36.9 Å². The average molecular weight is 279 g/mol. The molecule has 2 rings (SSSR count). The largest absolute Gasteiger partial charge is 0.481 e. The molecule has 1 aliphatic carbocycles. The summed E-state index contributed by atoms with van der Waals surface area (Å²) in [6, 6.07) is 8.00. The number of hydrogen-bond acceptors (Lipinski definition) is 1. The quantitative estimate of drug-likeness (QED) is 0.823. The lowest BCUT2D eigenvalue weighted by Crippen LogP contribution is -2.25. The average Bonchev–Trinajstić information content (AvgIpc) is 2.41. The Kier molecular flexibility index (Phi) is 4.65. The summed E-state index contributed by atoms with van der Waals surface area (Å²) in [4.78, 5) is 11.1. The van der Waals surface area contributed by atoms with Crippen molar-refractivity contribution >= 4 is 17.6 Å². The minimum Gasteiger partial charge on any atom is -0.481 e. The summed E-state index contributed by atoms with van der Waals surface area (Å²) in [6.45, 7) is 3.65. The van der Waals surface area contributed by atoms with Crippen molar-refractivity contribution in [3.63, 3.8) is 0 Å². The smallest absolute Gasteiger partial charge is 0.310 e. The topological polar surface area (TPSA) is 37.3 Å². The lowest BCUT2D eigenvalue weighted by atomic mass is 9.74. The van der Waals surface area contributed by atoms with E-state index in [0.717, 1.165) is 30.7 Å². The number of hydrogen-bond donors (Lipinski definition) is 1. The monoisotopic (exact) mass is 278 g/mol. The summed E-state index contributed by atoms with van der Waals surface area (Å²) in [5, 5.41) is 9.91. The van der Waals surface area contributed by atoms with Crippen LogP contribution >= 0.6 is 11.6 Å². The lowest BCUT2D eigenvalue weighted by molar-refractivity contribution is -0.142. The highest BCUT2D eigenvalue weighted by molar-refractivity contribution is 6.30. The normalized spacial score (nSPS) is 24.7. The first-order valence-corrected chi connectivity index (χ1v) is 7.10. The van der Waals surface area contributed by atoms with E-state index in [1.165, 1.54) is 5.56 Å². The first kappa shape index (κ1) is 14.1. The molecule has 0 aliphatic heterocycles. The van der Waals surface area contributed by atoms with Crippen molar-refractivity contribution in [3.05, 3.63) is 47.5 Å². The number of rotatable bonds is 4. The lowest BCUT2D eigenvalue weighted by Gasteiger charge is -2.31. The zero-order valence-corrected chi connectivity index (χ0v) is 11.6. The van der Waals surface area contributed by atoms with Crippen LogP contribution in [-0.2, 0) is 4.79 Å². The van der Waals surface area contributed by atoms with E-state index in [1.807, 2.05) is 12.1 Å². The zero-order chi connectivity index (χ0) is 13.8. The Labute approximate surface area is 119 Å². The molecular formula is C16H19ClO2. The molecule has 1 aliphatic rings. The second kappa shape index (κ2) is 6.25. The fourth-order valence-corrected chi connectivity index (χ4v) is 3.17. The molecule has 0 saturated heterocycles. The number of carboxylic acids is 1. The molecular weight excluding hydrogens is 260 g/mol. The van der Waals surface area contributed by atoms with Gasteiger partial charge in [-0.3, -0.25) is 4.79 Å². The maximum atomic E-state index is 11.1. The van der Waals surface area contributed by atoms with Gasteiger partial charge in [-0.25, -0.2) is 0 Å². The zero-order valence-electron chi connectivity index (χ0n) is 10.9. The molecule has 1 unspecified atom stereocenters. The van der Waals surface area contributed by atoms with E-state index >= 15 is 0 Å². The number of halogens is 1. The fraction of sp³-hybridized carbons (Fsp3) is 0.438. The molecule has 1 aromatic rings. The van der Waals surface area contributed by atoms with Gasteiger partial charge in [0.2, 0.25) is 0 Å². The Balaban J connectivity index is 1.97. The van der Waals surface area contributed by atoms with Crippen LogP contribution in [0.1, 0.15) is 37.2 Å². The van der Waals surface area contributed by atoms with Crippen LogP contribution in [0.3, 0.4) is 0 Å². The third-order valence-electron chi connectivity index (χ3n) is 4.16. The second-order valence-corrected chi connectivity index (χ2v) is 5.70. The molecule has 1 N–H and O–H groups in total. The summed E-state index contributed by atoms with van der Waals surface area (Å²) < 4.78 is 0. The second-order valence-electron chi connectivity index (χ2n) is 5.26. The van der Waals surface area contributed by atoms with Crippen LogP contribution in [0, 0.1) is 11.8 Å². The molecule has 102 valence electrons. The highest BCUT2D eigenvalue weighted by Crippen LogP contribution is 2.39. The van der Waals surface area contributed by atoms with Crippen molar-refractivity contribution in [1.29, 1.82) is 0 Å². The molecule has 2 nitrogen and oxygen atoms in total. The predicted octanol–water partition coefficient (Wildman–Crippen LogP) is 4.50. The van der Waals surface area contributed by atoms with Crippen LogP contribution in [0.5, 0.6) is 0 Å². The fourth-order valence-electron chi connectivity index (χ4n) is 3.04. The Bertz CT molecular complexity index is 444. The van der Waals surface area contributed by atoms with Gasteiger partial charge >= 0.3 is 5.97 Å². The van der Waals surface area contributed by atoms with Gasteiger partial charge in [-0.2, -0.15) is 0 Å². The third kappa shape index (κ3) is 3.38. The highest BCUT2D eigenvalue weighted by atomic mass is 35.5. The maximum absolute atomic E-state index is 11.1. The van der Waals surface area contributed by atoms with Gasteiger partial charge in [-0.15, -0.1) is 6.58 Å². The molecule has 0 aromatic heterocycles. The van der Waals surface area contributed by atoms with Crippen molar-refractivity contribution in [3.8, 4) is 0 Å². The van der Waals surface area contributed by atoms with E-state index in [0.29, 0.717) is 5.92 Å². The van der Waals surface area contributed by atoms with Gasteiger partial charge in [-0.05, 0) is 55.2 Å². The molecule has 0 spiro atoms. The van der Waals surface area contributed by atoms with E-state index < -0.39 is 11.9 Å². The summed E-state index contributed by atoms with van der Waals surface area (Å²) >= 11 is 5.89. The molecule has 3 heteroatoms. The van der Waals surface area contributed by atoms with E-state index in [9.17, 15) is 4.79 Å². The molecule has 1 saturated carbocycles. The summed E-state index contributed by atoms with van der Waals surface area (Å²) in [7, 11) is 0. The van der Waals surface area contributed by atoms with E-state index in [2.05, 4.69) is 18.7 Å². The summed E-state index contributed by atoms with van der Waals surface area (Å²) in [5.74, 6) is -0.373. The summed E-state index contributed by atoms with van der Waals surface area (Å²) in [6.07, 6.45) is 5.58. The number of aliphatic carboxylic acids is 1. The van der Waals surface area contributed by atoms with Crippen molar-refractivity contribution in [2.45, 2.75) is 31.6 Å². The minimum atomic E-state index is -0.745. The Hall–Kier alpha value is -1.28. The van der Waals surface area contributed by atoms with Crippen LogP contribution in [0.2, 0.25) is 5.02 Å². The van der Waals surface area contributed by atoms with Crippen molar-refractivity contribution in [1.82, 2.24) is 0 Å². The summed E-state index contributed by atoms with van der Waals surface area (Å²) in [5.41, 5.74) is 1.31. The van der Waals surface area contributed by atoms with Gasteiger partial charge in [0.05, 0.1) is 5.92 Å². The third-order valence-corrected chi connectivity index (χ3v) is 4.41. The first-order valence-electron chi connectivity index (χ1n) is 6.72. The highest BCUT2D eigenvalue weighted by Gasteiger charge is 2.30. The van der Waals surface area contributed by atoms with Crippen LogP contribution < -0.4 is 0 Å². The molecule has 0 bridgehead atoms. The Morgan fingerprint density at radius 2 is 1.84 bits per heavy atom. The van der Waals surface area contributed by atoms with Crippen LogP contribution in [0.25, 0.3) is 0 Å². The van der Waals surface area contributed by atoms with E-state index in [4.69, 9.17) is 16.7 Å². The van der Waals surface area contributed by atoms with Gasteiger partial charge in [-0.1, -0.05) is 29.8 Å². The van der Waals surface area contributed by atoms with Gasteiger partial charge in [0.15, 0.2) is 0 Å². The van der Waals surface area contributed by atoms with Crippen molar-refractivity contribution < 1.29 is 9.90 Å². The molecule has 0 radical (unpaired) electrons. The molecule has 1 fully saturated rings. The molecule has 1 atom stereocenters. The molecule has 19 heavy (non-hydrogen) atoms.